The van der Waals surface area contributed by atoms with E-state index in [4.69, 9.17) is 0 Å². The van der Waals surface area contributed by atoms with Gasteiger partial charge >= 0.3 is 0 Å². The lowest BCUT2D eigenvalue weighted by atomic mass is 9.77. The fourth-order valence-corrected chi connectivity index (χ4v) is 4.92. The Kier molecular flexibility index (Phi) is 4.31. The van der Waals surface area contributed by atoms with Gasteiger partial charge in [0.15, 0.2) is 0 Å². The first-order chi connectivity index (χ1) is 11.6. The lowest BCUT2D eigenvalue weighted by molar-refractivity contribution is -0.000864. The third kappa shape index (κ3) is 2.84. The van der Waals surface area contributed by atoms with E-state index >= 15 is 0 Å². The number of pyridine rings is 1. The molecule has 1 aromatic rings. The molecule has 4 rings (SSSR count). The van der Waals surface area contributed by atoms with Crippen molar-refractivity contribution in [2.75, 3.05) is 26.2 Å². The first kappa shape index (κ1) is 16.0. The van der Waals surface area contributed by atoms with Gasteiger partial charge in [0.1, 0.15) is 0 Å². The molecule has 4 atom stereocenters. The van der Waals surface area contributed by atoms with Crippen LogP contribution < -0.4 is 0 Å². The molecular weight excluding hydrogens is 302 g/mol. The second kappa shape index (κ2) is 6.45. The number of nitrogens with zero attached hydrogens (tertiary/aromatic N) is 3. The standard InChI is InChI=1S/C19H27N3O2/c1-13-16(5-4-6-20-13)19(24)22-11-14-9-17(21-7-2-3-8-21)18(23)10-15(14)12-22/h4-6,14-15,17-18,23H,2-3,7-12H2,1H3/t14-,15+,17-,18-/m1/s1. The van der Waals surface area contributed by atoms with Crippen molar-refractivity contribution < 1.29 is 9.90 Å². The van der Waals surface area contributed by atoms with Crippen LogP contribution in [0.2, 0.25) is 0 Å². The van der Waals surface area contributed by atoms with Crippen LogP contribution in [-0.4, -0.2) is 64.1 Å². The number of hydrogen-bond acceptors (Lipinski definition) is 4. The molecule has 0 bridgehead atoms. The van der Waals surface area contributed by atoms with Gasteiger partial charge in [-0.15, -0.1) is 0 Å². The van der Waals surface area contributed by atoms with Crippen LogP contribution in [0.4, 0.5) is 0 Å². The predicted molar refractivity (Wildman–Crippen MR) is 91.7 cm³/mol. The maximum atomic E-state index is 12.8. The molecule has 2 saturated heterocycles. The molecule has 1 amide bonds. The van der Waals surface area contributed by atoms with Crippen molar-refractivity contribution in [1.82, 2.24) is 14.8 Å². The normalized spacial score (nSPS) is 33.7. The number of amides is 1. The minimum atomic E-state index is -0.237. The molecule has 1 N–H and O–H groups in total. The van der Waals surface area contributed by atoms with Crippen molar-refractivity contribution in [2.45, 2.75) is 44.8 Å². The van der Waals surface area contributed by atoms with E-state index in [0.29, 0.717) is 23.4 Å². The minimum absolute atomic E-state index is 0.0993. The van der Waals surface area contributed by atoms with Crippen molar-refractivity contribution >= 4 is 5.91 Å². The summed E-state index contributed by atoms with van der Waals surface area (Å²) < 4.78 is 0. The molecule has 0 aromatic carbocycles. The fraction of sp³-hybridized carbons (Fsp3) is 0.684. The van der Waals surface area contributed by atoms with E-state index in [-0.39, 0.29) is 12.0 Å². The zero-order valence-electron chi connectivity index (χ0n) is 14.4. The molecule has 2 aliphatic heterocycles. The highest BCUT2D eigenvalue weighted by atomic mass is 16.3. The summed E-state index contributed by atoms with van der Waals surface area (Å²) in [4.78, 5) is 21.5. The minimum Gasteiger partial charge on any atom is -0.391 e. The van der Waals surface area contributed by atoms with Crippen LogP contribution in [0.25, 0.3) is 0 Å². The molecule has 3 aliphatic rings. The molecule has 0 radical (unpaired) electrons. The number of fused-ring (bicyclic) bond motifs is 1. The monoisotopic (exact) mass is 329 g/mol. The van der Waals surface area contributed by atoms with Crippen molar-refractivity contribution in [1.29, 1.82) is 0 Å². The number of aryl methyl sites for hydroxylation is 1. The first-order valence-electron chi connectivity index (χ1n) is 9.26. The van der Waals surface area contributed by atoms with Crippen LogP contribution in [-0.2, 0) is 0 Å². The number of rotatable bonds is 2. The summed E-state index contributed by atoms with van der Waals surface area (Å²) in [6.07, 6.45) is 5.86. The van der Waals surface area contributed by atoms with Gasteiger partial charge in [-0.25, -0.2) is 0 Å². The Balaban J connectivity index is 1.46. The third-order valence-electron chi connectivity index (χ3n) is 6.24. The van der Waals surface area contributed by atoms with Crippen molar-refractivity contribution in [3.8, 4) is 0 Å². The fourth-order valence-electron chi connectivity index (χ4n) is 4.92. The van der Waals surface area contributed by atoms with Gasteiger partial charge in [0.05, 0.1) is 11.7 Å². The second-order valence-corrected chi connectivity index (χ2v) is 7.72. The highest BCUT2D eigenvalue weighted by Gasteiger charge is 2.45. The van der Waals surface area contributed by atoms with Gasteiger partial charge < -0.3 is 10.0 Å². The number of carbonyl (C=O) groups is 1. The van der Waals surface area contributed by atoms with Crippen molar-refractivity contribution in [3.63, 3.8) is 0 Å². The largest absolute Gasteiger partial charge is 0.391 e. The predicted octanol–water partition coefficient (Wildman–Crippen LogP) is 1.70. The Morgan fingerprint density at radius 3 is 2.62 bits per heavy atom. The summed E-state index contributed by atoms with van der Waals surface area (Å²) in [6.45, 7) is 5.74. The van der Waals surface area contributed by atoms with Gasteiger partial charge in [-0.1, -0.05) is 0 Å². The first-order valence-corrected chi connectivity index (χ1v) is 9.26. The smallest absolute Gasteiger partial charge is 0.255 e. The van der Waals surface area contributed by atoms with Crippen molar-refractivity contribution in [3.05, 3.63) is 29.6 Å². The number of hydrogen-bond donors (Lipinski definition) is 1. The second-order valence-electron chi connectivity index (χ2n) is 7.72. The van der Waals surface area contributed by atoms with Crippen LogP contribution in [0.15, 0.2) is 18.3 Å². The molecule has 1 saturated carbocycles. The quantitative estimate of drug-likeness (QED) is 0.897. The van der Waals surface area contributed by atoms with Gasteiger partial charge in [-0.05, 0) is 69.7 Å². The maximum Gasteiger partial charge on any atom is 0.255 e. The third-order valence-corrected chi connectivity index (χ3v) is 6.24. The van der Waals surface area contributed by atoms with E-state index < -0.39 is 0 Å². The molecule has 1 aromatic heterocycles. The number of likely N-dealkylation sites (tertiary alicyclic amines) is 2. The van der Waals surface area contributed by atoms with Crippen LogP contribution in [0.1, 0.15) is 41.7 Å². The molecule has 1 aliphatic carbocycles. The summed E-state index contributed by atoms with van der Waals surface area (Å²) in [7, 11) is 0. The molecule has 0 spiro atoms. The maximum absolute atomic E-state index is 12.8. The van der Waals surface area contributed by atoms with E-state index in [1.807, 2.05) is 24.0 Å². The van der Waals surface area contributed by atoms with Crippen molar-refractivity contribution in [2.24, 2.45) is 11.8 Å². The Morgan fingerprint density at radius 1 is 1.21 bits per heavy atom. The molecule has 3 fully saturated rings. The summed E-state index contributed by atoms with van der Waals surface area (Å²) in [5, 5.41) is 10.6. The lowest BCUT2D eigenvalue weighted by Crippen LogP contribution is -2.48. The Bertz CT molecular complexity index is 614. The van der Waals surface area contributed by atoms with Crippen LogP contribution >= 0.6 is 0 Å². The SMILES string of the molecule is Cc1ncccc1C(=O)N1C[C@H]2C[C@@H](N3CCCC3)[C@H](O)C[C@H]2C1. The van der Waals surface area contributed by atoms with Gasteiger partial charge in [0, 0.05) is 31.0 Å². The zero-order valence-corrected chi connectivity index (χ0v) is 14.4. The van der Waals surface area contributed by atoms with Crippen LogP contribution in [0.5, 0.6) is 0 Å². The molecule has 5 nitrogen and oxygen atoms in total. The van der Waals surface area contributed by atoms with Crippen LogP contribution in [0.3, 0.4) is 0 Å². The highest BCUT2D eigenvalue weighted by Crippen LogP contribution is 2.39. The van der Waals surface area contributed by atoms with Gasteiger partial charge in [-0.2, -0.15) is 0 Å². The summed E-state index contributed by atoms with van der Waals surface area (Å²) >= 11 is 0. The summed E-state index contributed by atoms with van der Waals surface area (Å²) in [6, 6.07) is 3.99. The van der Waals surface area contributed by atoms with E-state index in [2.05, 4.69) is 9.88 Å². The molecule has 5 heteroatoms. The molecule has 130 valence electrons. The average molecular weight is 329 g/mol. The molecular formula is C19H27N3O2. The number of carbonyl (C=O) groups excluding carboxylic acids is 1. The van der Waals surface area contributed by atoms with E-state index in [1.165, 1.54) is 12.8 Å². The summed E-state index contributed by atoms with van der Waals surface area (Å²) in [5.74, 6) is 1.07. The Labute approximate surface area is 143 Å². The lowest BCUT2D eigenvalue weighted by Gasteiger charge is -2.40. The average Bonchev–Trinajstić information content (AvgIpc) is 3.23. The van der Waals surface area contributed by atoms with Gasteiger partial charge in [0.2, 0.25) is 0 Å². The number of aromatic nitrogens is 1. The zero-order chi connectivity index (χ0) is 16.7. The highest BCUT2D eigenvalue weighted by molar-refractivity contribution is 5.95. The summed E-state index contributed by atoms with van der Waals surface area (Å²) in [5.41, 5.74) is 1.51. The van der Waals surface area contributed by atoms with Crippen LogP contribution in [0, 0.1) is 18.8 Å². The molecule has 0 unspecified atom stereocenters. The van der Waals surface area contributed by atoms with E-state index in [9.17, 15) is 9.90 Å². The number of aliphatic hydroxyl groups excluding tert-OH is 1. The van der Waals surface area contributed by atoms with E-state index in [1.54, 1.807) is 6.20 Å². The van der Waals surface area contributed by atoms with E-state index in [0.717, 1.165) is 44.7 Å². The topological polar surface area (TPSA) is 56.7 Å². The Hall–Kier alpha value is -1.46. The Morgan fingerprint density at radius 2 is 1.92 bits per heavy atom. The molecule has 24 heavy (non-hydrogen) atoms. The number of aliphatic hydroxyl groups is 1. The van der Waals surface area contributed by atoms with Gasteiger partial charge in [-0.3, -0.25) is 14.7 Å². The molecule has 3 heterocycles. The van der Waals surface area contributed by atoms with Gasteiger partial charge in [0.25, 0.3) is 5.91 Å².